The summed E-state index contributed by atoms with van der Waals surface area (Å²) in [6, 6.07) is 13.1. The maximum atomic E-state index is 12.0. The number of quaternary nitrogens is 1. The van der Waals surface area contributed by atoms with Gasteiger partial charge in [0.2, 0.25) is 5.91 Å². The molecule has 0 bridgehead atoms. The molecule has 7 heteroatoms. The molecule has 0 saturated carbocycles. The van der Waals surface area contributed by atoms with Gasteiger partial charge in [0.05, 0.1) is 19.0 Å². The van der Waals surface area contributed by atoms with Gasteiger partial charge < -0.3 is 20.2 Å². The first kappa shape index (κ1) is 17.7. The third-order valence-electron chi connectivity index (χ3n) is 4.03. The zero-order valence-corrected chi connectivity index (χ0v) is 14.8. The zero-order chi connectivity index (χ0) is 17.5. The zero-order valence-electron chi connectivity index (χ0n) is 13.9. The molecule has 0 unspecified atom stereocenters. The van der Waals surface area contributed by atoms with E-state index in [-0.39, 0.29) is 11.7 Å². The van der Waals surface area contributed by atoms with Crippen LogP contribution < -0.4 is 14.9 Å². The molecule has 132 valence electrons. The van der Waals surface area contributed by atoms with Crippen molar-refractivity contribution in [2.75, 3.05) is 37.4 Å². The van der Waals surface area contributed by atoms with Crippen LogP contribution in [0.1, 0.15) is 5.56 Å². The number of carbonyl (C=O) groups is 1. The Bertz CT molecular complexity index is 703. The number of aromatic nitrogens is 1. The van der Waals surface area contributed by atoms with Crippen LogP contribution >= 0.6 is 11.8 Å². The van der Waals surface area contributed by atoms with Crippen molar-refractivity contribution in [1.29, 1.82) is 0 Å². The highest BCUT2D eigenvalue weighted by molar-refractivity contribution is 7.99. The second-order valence-corrected chi connectivity index (χ2v) is 6.93. The molecule has 1 amide bonds. The van der Waals surface area contributed by atoms with Crippen LogP contribution in [0.3, 0.4) is 0 Å². The maximum absolute atomic E-state index is 12.0. The number of hydrogen-bond acceptors (Lipinski definition) is 4. The summed E-state index contributed by atoms with van der Waals surface area (Å²) in [6.45, 7) is 4.70. The first-order valence-electron chi connectivity index (χ1n) is 8.32. The third-order valence-corrected chi connectivity index (χ3v) is 5.05. The van der Waals surface area contributed by atoms with Crippen molar-refractivity contribution in [2.45, 2.75) is 11.6 Å². The number of thioether (sulfide) groups is 1. The van der Waals surface area contributed by atoms with E-state index in [1.165, 1.54) is 28.4 Å². The Morgan fingerprint density at radius 1 is 1.20 bits per heavy atom. The van der Waals surface area contributed by atoms with Crippen LogP contribution in [0.4, 0.5) is 5.69 Å². The Morgan fingerprint density at radius 2 is 1.96 bits per heavy atom. The lowest BCUT2D eigenvalue weighted by molar-refractivity contribution is -0.921. The van der Waals surface area contributed by atoms with Gasteiger partial charge in [0, 0.05) is 23.4 Å². The summed E-state index contributed by atoms with van der Waals surface area (Å²) in [4.78, 5) is 13.6. The molecular formula is C18H22N3O3S+. The second kappa shape index (κ2) is 8.84. The van der Waals surface area contributed by atoms with Crippen molar-refractivity contribution in [1.82, 2.24) is 0 Å². The first-order valence-corrected chi connectivity index (χ1v) is 9.30. The molecule has 2 aromatic rings. The normalized spacial score (nSPS) is 15.0. The van der Waals surface area contributed by atoms with Crippen LogP contribution in [0, 0.1) is 5.21 Å². The van der Waals surface area contributed by atoms with E-state index in [4.69, 9.17) is 4.74 Å². The molecule has 0 spiro atoms. The summed E-state index contributed by atoms with van der Waals surface area (Å²) in [7, 11) is 0. The molecule has 25 heavy (non-hydrogen) atoms. The van der Waals surface area contributed by atoms with Gasteiger partial charge in [-0.15, -0.1) is 0 Å². The van der Waals surface area contributed by atoms with Crippen LogP contribution in [0.15, 0.2) is 53.7 Å². The summed E-state index contributed by atoms with van der Waals surface area (Å²) in [6.07, 6.45) is 1.43. The summed E-state index contributed by atoms with van der Waals surface area (Å²) < 4.78 is 6.14. The minimum absolute atomic E-state index is 0.125. The smallest absolute Gasteiger partial charge is 0.251 e. The van der Waals surface area contributed by atoms with Crippen molar-refractivity contribution in [3.05, 3.63) is 59.4 Å². The summed E-state index contributed by atoms with van der Waals surface area (Å²) in [5, 5.41) is 14.9. The number of amides is 1. The van der Waals surface area contributed by atoms with Gasteiger partial charge in [-0.05, 0) is 30.0 Å². The molecule has 0 aliphatic carbocycles. The van der Waals surface area contributed by atoms with Gasteiger partial charge in [0.1, 0.15) is 19.6 Å². The predicted molar refractivity (Wildman–Crippen MR) is 96.4 cm³/mol. The highest BCUT2D eigenvalue weighted by atomic mass is 32.2. The largest absolute Gasteiger partial charge is 0.618 e. The van der Waals surface area contributed by atoms with Crippen molar-refractivity contribution in [3.8, 4) is 0 Å². The number of morpholine rings is 1. The lowest BCUT2D eigenvalue weighted by Crippen LogP contribution is -3.12. The Kier molecular flexibility index (Phi) is 6.27. The number of nitrogens with zero attached hydrogens (tertiary/aromatic N) is 1. The van der Waals surface area contributed by atoms with E-state index in [1.807, 2.05) is 24.3 Å². The average Bonchev–Trinajstić information content (AvgIpc) is 2.64. The fourth-order valence-electron chi connectivity index (χ4n) is 2.69. The van der Waals surface area contributed by atoms with Gasteiger partial charge in [-0.1, -0.05) is 12.1 Å². The van der Waals surface area contributed by atoms with E-state index in [0.29, 0.717) is 5.03 Å². The van der Waals surface area contributed by atoms with E-state index >= 15 is 0 Å². The fourth-order valence-corrected chi connectivity index (χ4v) is 3.41. The van der Waals surface area contributed by atoms with E-state index in [1.54, 1.807) is 18.2 Å². The van der Waals surface area contributed by atoms with Crippen molar-refractivity contribution < 1.29 is 19.2 Å². The minimum Gasteiger partial charge on any atom is -0.618 e. The predicted octanol–water partition coefficient (Wildman–Crippen LogP) is 0.466. The highest BCUT2D eigenvalue weighted by Gasteiger charge is 2.14. The Morgan fingerprint density at radius 3 is 2.68 bits per heavy atom. The summed E-state index contributed by atoms with van der Waals surface area (Å²) >= 11 is 1.22. The molecular weight excluding hydrogens is 338 g/mol. The van der Waals surface area contributed by atoms with E-state index in [9.17, 15) is 10.0 Å². The maximum Gasteiger partial charge on any atom is 0.251 e. The monoisotopic (exact) mass is 360 g/mol. The minimum atomic E-state index is -0.125. The number of benzene rings is 1. The Hall–Kier alpha value is -2.09. The molecule has 0 atom stereocenters. The highest BCUT2D eigenvalue weighted by Crippen LogP contribution is 2.14. The summed E-state index contributed by atoms with van der Waals surface area (Å²) in [5.74, 6) is 0.0757. The van der Waals surface area contributed by atoms with Crippen molar-refractivity contribution >= 4 is 23.4 Å². The van der Waals surface area contributed by atoms with E-state index in [0.717, 1.165) is 43.3 Å². The molecule has 3 rings (SSSR count). The van der Waals surface area contributed by atoms with Crippen LogP contribution in [0.5, 0.6) is 0 Å². The van der Waals surface area contributed by atoms with Crippen LogP contribution in [-0.2, 0) is 16.1 Å². The molecule has 1 aromatic carbocycles. The number of carbonyl (C=O) groups excluding carboxylic acids is 1. The lowest BCUT2D eigenvalue weighted by atomic mass is 10.2. The van der Waals surface area contributed by atoms with Crippen LogP contribution in [0.25, 0.3) is 0 Å². The molecule has 1 aliphatic rings. The molecule has 1 aliphatic heterocycles. The molecule has 1 fully saturated rings. The second-order valence-electron chi connectivity index (χ2n) is 5.94. The van der Waals surface area contributed by atoms with Gasteiger partial charge in [0.25, 0.3) is 5.03 Å². The number of hydrogen-bond donors (Lipinski definition) is 2. The van der Waals surface area contributed by atoms with Crippen LogP contribution in [0.2, 0.25) is 0 Å². The molecule has 1 saturated heterocycles. The Labute approximate surface area is 151 Å². The summed E-state index contributed by atoms with van der Waals surface area (Å²) in [5.41, 5.74) is 2.02. The number of pyridine rings is 1. The van der Waals surface area contributed by atoms with Crippen molar-refractivity contribution in [2.24, 2.45) is 0 Å². The number of nitrogens with one attached hydrogen (secondary N) is 2. The van der Waals surface area contributed by atoms with Gasteiger partial charge >= 0.3 is 0 Å². The molecule has 1 aromatic heterocycles. The SMILES string of the molecule is O=C(CSc1cccc[n+]1[O-])Nc1ccc(C[NH+]2CCOCC2)cc1. The Balaban J connectivity index is 1.47. The van der Waals surface area contributed by atoms with Gasteiger partial charge in [-0.3, -0.25) is 4.79 Å². The third kappa shape index (κ3) is 5.45. The quantitative estimate of drug-likeness (QED) is 0.446. The lowest BCUT2D eigenvalue weighted by Gasteiger charge is -2.23. The van der Waals surface area contributed by atoms with Gasteiger partial charge in [-0.25, -0.2) is 0 Å². The van der Waals surface area contributed by atoms with E-state index < -0.39 is 0 Å². The van der Waals surface area contributed by atoms with Gasteiger partial charge in [0.15, 0.2) is 6.20 Å². The number of anilines is 1. The van der Waals surface area contributed by atoms with Gasteiger partial charge in [-0.2, -0.15) is 4.73 Å². The molecule has 2 heterocycles. The van der Waals surface area contributed by atoms with Crippen LogP contribution in [-0.4, -0.2) is 38.0 Å². The average molecular weight is 360 g/mol. The van der Waals surface area contributed by atoms with Crippen molar-refractivity contribution in [3.63, 3.8) is 0 Å². The fraction of sp³-hybridized carbons (Fsp3) is 0.333. The topological polar surface area (TPSA) is 69.7 Å². The standard InChI is InChI=1S/C18H21N3O3S/c22-17(14-25-18-3-1-2-8-21(18)23)19-16-6-4-15(5-7-16)13-20-9-11-24-12-10-20/h1-8H,9-14H2,(H,19,22)/p+1. The molecule has 2 N–H and O–H groups in total. The first-order chi connectivity index (χ1) is 12.2. The number of ether oxygens (including phenoxy) is 1. The molecule has 6 nitrogen and oxygen atoms in total. The number of rotatable bonds is 6. The molecule has 0 radical (unpaired) electrons. The van der Waals surface area contributed by atoms with E-state index in [2.05, 4.69) is 5.32 Å².